The highest BCUT2D eigenvalue weighted by molar-refractivity contribution is 7.11. The molecular formula is C16H26N2S. The maximum atomic E-state index is 4.99. The van der Waals surface area contributed by atoms with Crippen LogP contribution >= 0.6 is 11.3 Å². The van der Waals surface area contributed by atoms with Gasteiger partial charge in [0.05, 0.1) is 10.7 Å². The van der Waals surface area contributed by atoms with Gasteiger partial charge in [-0.3, -0.25) is 0 Å². The Morgan fingerprint density at radius 1 is 1.26 bits per heavy atom. The van der Waals surface area contributed by atoms with E-state index in [0.29, 0.717) is 0 Å². The van der Waals surface area contributed by atoms with Crippen molar-refractivity contribution in [2.24, 2.45) is 5.92 Å². The van der Waals surface area contributed by atoms with Gasteiger partial charge in [0, 0.05) is 23.4 Å². The van der Waals surface area contributed by atoms with Crippen molar-refractivity contribution in [2.45, 2.75) is 77.3 Å². The Labute approximate surface area is 121 Å². The van der Waals surface area contributed by atoms with E-state index in [1.165, 1.54) is 54.1 Å². The summed E-state index contributed by atoms with van der Waals surface area (Å²) in [5, 5.41) is 5.09. The number of nitrogens with zero attached hydrogens (tertiary/aromatic N) is 1. The third-order valence-electron chi connectivity index (χ3n) is 4.45. The number of rotatable bonds is 6. The Kier molecular flexibility index (Phi) is 4.23. The van der Waals surface area contributed by atoms with E-state index in [-0.39, 0.29) is 0 Å². The van der Waals surface area contributed by atoms with Gasteiger partial charge in [0.15, 0.2) is 0 Å². The second-order valence-corrected chi connectivity index (χ2v) is 7.56. The van der Waals surface area contributed by atoms with Crippen LogP contribution in [-0.4, -0.2) is 11.0 Å². The molecule has 106 valence electrons. The molecule has 0 aliphatic heterocycles. The van der Waals surface area contributed by atoms with Gasteiger partial charge in [0.2, 0.25) is 0 Å². The monoisotopic (exact) mass is 278 g/mol. The van der Waals surface area contributed by atoms with Crippen LogP contribution < -0.4 is 5.32 Å². The van der Waals surface area contributed by atoms with Gasteiger partial charge in [-0.2, -0.15) is 0 Å². The van der Waals surface area contributed by atoms with Gasteiger partial charge < -0.3 is 5.32 Å². The van der Waals surface area contributed by atoms with Crippen molar-refractivity contribution < 1.29 is 0 Å². The minimum atomic E-state index is 0.755. The largest absolute Gasteiger partial charge is 0.309 e. The highest BCUT2D eigenvalue weighted by Crippen LogP contribution is 2.40. The summed E-state index contributed by atoms with van der Waals surface area (Å²) in [6.45, 7) is 5.70. The fourth-order valence-corrected chi connectivity index (χ4v) is 4.31. The maximum absolute atomic E-state index is 4.99. The van der Waals surface area contributed by atoms with Gasteiger partial charge in [0.1, 0.15) is 0 Å². The van der Waals surface area contributed by atoms with E-state index in [1.54, 1.807) is 0 Å². The summed E-state index contributed by atoms with van der Waals surface area (Å²) < 4.78 is 0. The first-order valence-corrected chi connectivity index (χ1v) is 8.79. The van der Waals surface area contributed by atoms with E-state index in [2.05, 4.69) is 19.2 Å². The molecule has 0 bridgehead atoms. The lowest BCUT2D eigenvalue weighted by Crippen LogP contribution is -2.15. The summed E-state index contributed by atoms with van der Waals surface area (Å²) in [6.07, 6.45) is 9.21. The Hall–Kier alpha value is -0.410. The molecule has 2 nitrogen and oxygen atoms in total. The molecule has 2 saturated carbocycles. The number of nitrogens with one attached hydrogen (secondary N) is 1. The Balaban J connectivity index is 1.70. The van der Waals surface area contributed by atoms with Crippen LogP contribution in [0.3, 0.4) is 0 Å². The zero-order valence-corrected chi connectivity index (χ0v) is 13.1. The fraction of sp³-hybridized carbons (Fsp3) is 0.812. The minimum absolute atomic E-state index is 0.755. The Morgan fingerprint density at radius 3 is 2.74 bits per heavy atom. The van der Waals surface area contributed by atoms with Gasteiger partial charge >= 0.3 is 0 Å². The lowest BCUT2D eigenvalue weighted by atomic mass is 10.1. The van der Waals surface area contributed by atoms with E-state index >= 15 is 0 Å². The topological polar surface area (TPSA) is 24.9 Å². The molecule has 1 aromatic rings. The van der Waals surface area contributed by atoms with Crippen molar-refractivity contribution in [3.8, 4) is 0 Å². The molecule has 0 amide bonds. The quantitative estimate of drug-likeness (QED) is 0.841. The van der Waals surface area contributed by atoms with Crippen molar-refractivity contribution in [1.82, 2.24) is 10.3 Å². The summed E-state index contributed by atoms with van der Waals surface area (Å²) in [4.78, 5) is 6.51. The normalized spacial score (nSPS) is 27.1. The SMILES string of the molecule is CCCc1nc(C2CCC(C)C2)sc1CNC1CC1. The first-order chi connectivity index (χ1) is 9.26. The number of aryl methyl sites for hydroxylation is 1. The number of aromatic nitrogens is 1. The summed E-state index contributed by atoms with van der Waals surface area (Å²) in [5.74, 6) is 1.65. The van der Waals surface area contributed by atoms with Crippen LogP contribution in [0.1, 0.15) is 73.9 Å². The third-order valence-corrected chi connectivity index (χ3v) is 5.71. The van der Waals surface area contributed by atoms with Crippen LogP contribution in [0.2, 0.25) is 0 Å². The van der Waals surface area contributed by atoms with Crippen LogP contribution in [0.15, 0.2) is 0 Å². The molecular weight excluding hydrogens is 252 g/mol. The number of hydrogen-bond acceptors (Lipinski definition) is 3. The van der Waals surface area contributed by atoms with Crippen molar-refractivity contribution >= 4 is 11.3 Å². The van der Waals surface area contributed by atoms with E-state index in [1.807, 2.05) is 11.3 Å². The highest BCUT2D eigenvalue weighted by Gasteiger charge is 2.27. The summed E-state index contributed by atoms with van der Waals surface area (Å²) in [5.41, 5.74) is 1.38. The zero-order chi connectivity index (χ0) is 13.2. The molecule has 2 unspecified atom stereocenters. The molecule has 3 heteroatoms. The summed E-state index contributed by atoms with van der Waals surface area (Å²) >= 11 is 1.99. The molecule has 0 aromatic carbocycles. The van der Waals surface area contributed by atoms with Crippen LogP contribution in [0.5, 0.6) is 0 Å². The minimum Gasteiger partial charge on any atom is -0.309 e. The molecule has 3 rings (SSSR count). The molecule has 19 heavy (non-hydrogen) atoms. The molecule has 1 heterocycles. The van der Waals surface area contributed by atoms with E-state index in [9.17, 15) is 0 Å². The van der Waals surface area contributed by atoms with Crippen molar-refractivity contribution in [3.63, 3.8) is 0 Å². The average Bonchev–Trinajstić information content (AvgIpc) is 2.99. The fourth-order valence-electron chi connectivity index (χ4n) is 3.10. The molecule has 1 aromatic heterocycles. The predicted molar refractivity (Wildman–Crippen MR) is 81.7 cm³/mol. The van der Waals surface area contributed by atoms with Crippen LogP contribution in [0.4, 0.5) is 0 Å². The number of hydrogen-bond donors (Lipinski definition) is 1. The van der Waals surface area contributed by atoms with Crippen LogP contribution in [-0.2, 0) is 13.0 Å². The molecule has 2 fully saturated rings. The molecule has 0 spiro atoms. The van der Waals surface area contributed by atoms with E-state index < -0.39 is 0 Å². The molecule has 0 saturated heterocycles. The van der Waals surface area contributed by atoms with Gasteiger partial charge in [-0.25, -0.2) is 4.98 Å². The van der Waals surface area contributed by atoms with Crippen LogP contribution in [0.25, 0.3) is 0 Å². The lowest BCUT2D eigenvalue weighted by Gasteiger charge is -2.04. The van der Waals surface area contributed by atoms with Crippen molar-refractivity contribution in [2.75, 3.05) is 0 Å². The summed E-state index contributed by atoms with van der Waals surface area (Å²) in [7, 11) is 0. The second-order valence-electron chi connectivity index (χ2n) is 6.44. The van der Waals surface area contributed by atoms with Crippen LogP contribution in [0, 0.1) is 5.92 Å². The van der Waals surface area contributed by atoms with Gasteiger partial charge in [-0.05, 0) is 38.0 Å². The van der Waals surface area contributed by atoms with Crippen molar-refractivity contribution in [1.29, 1.82) is 0 Å². The standard InChI is InChI=1S/C16H26N2S/c1-3-4-14-15(10-17-13-7-8-13)19-16(18-14)12-6-5-11(2)9-12/h11-13,17H,3-10H2,1-2H3. The Morgan fingerprint density at radius 2 is 2.11 bits per heavy atom. The summed E-state index contributed by atoms with van der Waals surface area (Å²) in [6, 6.07) is 0.798. The Bertz CT molecular complexity index is 422. The predicted octanol–water partition coefficient (Wildman–Crippen LogP) is 4.25. The lowest BCUT2D eigenvalue weighted by molar-refractivity contribution is 0.595. The third kappa shape index (κ3) is 3.38. The first kappa shape index (κ1) is 13.6. The first-order valence-electron chi connectivity index (χ1n) is 7.98. The van der Waals surface area contributed by atoms with Gasteiger partial charge in [0.25, 0.3) is 0 Å². The zero-order valence-electron chi connectivity index (χ0n) is 12.2. The average molecular weight is 278 g/mol. The molecule has 2 aliphatic rings. The second kappa shape index (κ2) is 5.92. The molecule has 0 radical (unpaired) electrons. The molecule has 1 N–H and O–H groups in total. The van der Waals surface area contributed by atoms with Gasteiger partial charge in [-0.1, -0.05) is 26.7 Å². The highest BCUT2D eigenvalue weighted by atomic mass is 32.1. The van der Waals surface area contributed by atoms with E-state index in [4.69, 9.17) is 4.98 Å². The smallest absolute Gasteiger partial charge is 0.0962 e. The van der Waals surface area contributed by atoms with Crippen molar-refractivity contribution in [3.05, 3.63) is 15.6 Å². The molecule has 2 aliphatic carbocycles. The number of thiazole rings is 1. The maximum Gasteiger partial charge on any atom is 0.0962 e. The molecule has 2 atom stereocenters. The van der Waals surface area contributed by atoms with Gasteiger partial charge in [-0.15, -0.1) is 11.3 Å². The van der Waals surface area contributed by atoms with E-state index in [0.717, 1.165) is 30.8 Å².